The Hall–Kier alpha value is -0.850. The highest BCUT2D eigenvalue weighted by atomic mass is 35.5. The zero-order valence-electron chi connectivity index (χ0n) is 7.55. The Labute approximate surface area is 100 Å². The summed E-state index contributed by atoms with van der Waals surface area (Å²) in [4.78, 5) is 4.15. The third kappa shape index (κ3) is 2.80. The first-order chi connectivity index (χ1) is 7.25. The molecule has 2 aromatic heterocycles. The number of nitrogens with two attached hydrogens (primary N) is 1. The number of thioether (sulfide) groups is 1. The maximum atomic E-state index is 5.72. The van der Waals surface area contributed by atoms with E-state index in [2.05, 4.69) is 14.6 Å². The van der Waals surface area contributed by atoms with Crippen molar-refractivity contribution >= 4 is 39.9 Å². The maximum absolute atomic E-state index is 5.72. The number of hydrogen-bond acceptors (Lipinski definition) is 6. The first-order valence-corrected chi connectivity index (χ1v) is 6.20. The summed E-state index contributed by atoms with van der Waals surface area (Å²) < 4.78 is 3.76. The highest BCUT2D eigenvalue weighted by Crippen LogP contribution is 2.24. The number of nitrogen functional groups attached to an aromatic ring is 1. The molecule has 0 fully saturated rings. The highest BCUT2D eigenvalue weighted by Gasteiger charge is 2.05. The van der Waals surface area contributed by atoms with Gasteiger partial charge < -0.3 is 5.73 Å². The second-order valence-corrected chi connectivity index (χ2v) is 4.90. The highest BCUT2D eigenvalue weighted by molar-refractivity contribution is 7.98. The molecule has 0 bridgehead atoms. The number of pyridine rings is 1. The van der Waals surface area contributed by atoms with E-state index in [1.807, 2.05) is 6.07 Å². The third-order valence-corrected chi connectivity index (χ3v) is 3.42. The van der Waals surface area contributed by atoms with Gasteiger partial charge in [-0.1, -0.05) is 27.9 Å². The summed E-state index contributed by atoms with van der Waals surface area (Å²) in [7, 11) is 0. The van der Waals surface area contributed by atoms with Crippen molar-refractivity contribution in [1.29, 1.82) is 0 Å². The number of nitrogens with zero attached hydrogens (tertiary/aromatic N) is 3. The third-order valence-electron chi connectivity index (χ3n) is 1.64. The Morgan fingerprint density at radius 2 is 2.33 bits per heavy atom. The number of anilines is 1. The van der Waals surface area contributed by atoms with Crippen LogP contribution in [0.5, 0.6) is 0 Å². The zero-order chi connectivity index (χ0) is 10.7. The van der Waals surface area contributed by atoms with E-state index in [9.17, 15) is 0 Å². The fourth-order valence-corrected chi connectivity index (χ4v) is 2.34. The van der Waals surface area contributed by atoms with Crippen LogP contribution in [0.15, 0.2) is 23.4 Å². The number of aromatic nitrogens is 3. The lowest BCUT2D eigenvalue weighted by molar-refractivity contribution is 1.07. The minimum atomic E-state index is 0.634. The van der Waals surface area contributed by atoms with Crippen LogP contribution in [0.25, 0.3) is 0 Å². The van der Waals surface area contributed by atoms with Crippen LogP contribution in [0.1, 0.15) is 5.69 Å². The molecule has 78 valence electrons. The van der Waals surface area contributed by atoms with Crippen molar-refractivity contribution in [3.05, 3.63) is 29.0 Å². The molecule has 0 aliphatic heterocycles. The number of halogens is 1. The number of hydrogen-bond donors (Lipinski definition) is 1. The first kappa shape index (κ1) is 10.7. The summed E-state index contributed by atoms with van der Waals surface area (Å²) in [5.41, 5.74) is 6.47. The fraction of sp³-hybridized carbons (Fsp3) is 0.125. The molecule has 0 unspecified atom stereocenters. The lowest BCUT2D eigenvalue weighted by Gasteiger charge is -1.98. The molecule has 0 radical (unpaired) electrons. The van der Waals surface area contributed by atoms with Gasteiger partial charge in [0.1, 0.15) is 10.7 Å². The van der Waals surface area contributed by atoms with E-state index in [0.717, 1.165) is 10.7 Å². The average Bonchev–Trinajstić information content (AvgIpc) is 2.63. The molecule has 15 heavy (non-hydrogen) atoms. The molecule has 0 atom stereocenters. The Morgan fingerprint density at radius 1 is 1.47 bits per heavy atom. The SMILES string of the molecule is Nc1snnc1CSc1ccc(Cl)cn1. The van der Waals surface area contributed by atoms with E-state index in [-0.39, 0.29) is 0 Å². The second kappa shape index (κ2) is 4.78. The molecule has 2 N–H and O–H groups in total. The van der Waals surface area contributed by atoms with Gasteiger partial charge in [-0.15, -0.1) is 5.10 Å². The van der Waals surface area contributed by atoms with Crippen molar-refractivity contribution in [1.82, 2.24) is 14.6 Å². The van der Waals surface area contributed by atoms with Crippen LogP contribution < -0.4 is 5.73 Å². The van der Waals surface area contributed by atoms with Crippen LogP contribution in [-0.4, -0.2) is 14.6 Å². The van der Waals surface area contributed by atoms with Gasteiger partial charge in [0.2, 0.25) is 0 Å². The van der Waals surface area contributed by atoms with E-state index in [1.54, 1.807) is 24.0 Å². The van der Waals surface area contributed by atoms with Gasteiger partial charge in [0, 0.05) is 23.5 Å². The lowest BCUT2D eigenvalue weighted by Crippen LogP contribution is -1.89. The normalized spacial score (nSPS) is 10.5. The fourth-order valence-electron chi connectivity index (χ4n) is 0.906. The monoisotopic (exact) mass is 258 g/mol. The second-order valence-electron chi connectivity index (χ2n) is 2.69. The molecule has 0 saturated heterocycles. The van der Waals surface area contributed by atoms with E-state index in [0.29, 0.717) is 15.8 Å². The molecule has 4 nitrogen and oxygen atoms in total. The van der Waals surface area contributed by atoms with Gasteiger partial charge in [-0.25, -0.2) is 4.98 Å². The molecule has 0 aliphatic rings. The van der Waals surface area contributed by atoms with Gasteiger partial charge >= 0.3 is 0 Å². The van der Waals surface area contributed by atoms with Gasteiger partial charge in [-0.2, -0.15) is 0 Å². The summed E-state index contributed by atoms with van der Waals surface area (Å²) in [5.74, 6) is 0.678. The van der Waals surface area contributed by atoms with E-state index >= 15 is 0 Å². The van der Waals surface area contributed by atoms with Gasteiger partial charge in [-0.05, 0) is 12.1 Å². The summed E-state index contributed by atoms with van der Waals surface area (Å²) in [6.07, 6.45) is 1.62. The van der Waals surface area contributed by atoms with E-state index < -0.39 is 0 Å². The zero-order valence-corrected chi connectivity index (χ0v) is 9.94. The minimum Gasteiger partial charge on any atom is -0.388 e. The molecule has 0 spiro atoms. The smallest absolute Gasteiger partial charge is 0.131 e. The van der Waals surface area contributed by atoms with Gasteiger partial charge in [0.15, 0.2) is 0 Å². The van der Waals surface area contributed by atoms with Gasteiger partial charge in [0.05, 0.1) is 10.0 Å². The van der Waals surface area contributed by atoms with Crippen LogP contribution in [0, 0.1) is 0 Å². The first-order valence-electron chi connectivity index (χ1n) is 4.07. The standard InChI is InChI=1S/C8H7ClN4S2/c9-5-1-2-7(11-3-5)14-4-6-8(10)15-13-12-6/h1-3H,4,10H2. The molecule has 2 rings (SSSR count). The van der Waals surface area contributed by atoms with Crippen LogP contribution in [0.2, 0.25) is 5.02 Å². The van der Waals surface area contributed by atoms with E-state index in [1.165, 1.54) is 11.5 Å². The van der Waals surface area contributed by atoms with Crippen molar-refractivity contribution in [3.8, 4) is 0 Å². The molecular weight excluding hydrogens is 252 g/mol. The molecule has 0 amide bonds. The van der Waals surface area contributed by atoms with Crippen LogP contribution in [-0.2, 0) is 5.75 Å². The largest absolute Gasteiger partial charge is 0.388 e. The predicted octanol–water partition coefficient (Wildman–Crippen LogP) is 2.46. The molecule has 2 aromatic rings. The average molecular weight is 259 g/mol. The Morgan fingerprint density at radius 3 is 2.93 bits per heavy atom. The molecule has 2 heterocycles. The lowest BCUT2D eigenvalue weighted by atomic mass is 10.5. The van der Waals surface area contributed by atoms with Crippen molar-refractivity contribution in [2.24, 2.45) is 0 Å². The van der Waals surface area contributed by atoms with Crippen molar-refractivity contribution in [2.75, 3.05) is 5.73 Å². The van der Waals surface area contributed by atoms with Crippen molar-refractivity contribution in [3.63, 3.8) is 0 Å². The molecule has 7 heteroatoms. The number of rotatable bonds is 3. The molecule has 0 aromatic carbocycles. The van der Waals surface area contributed by atoms with Crippen LogP contribution in [0.3, 0.4) is 0 Å². The molecule has 0 saturated carbocycles. The summed E-state index contributed by atoms with van der Waals surface area (Å²) >= 11 is 8.48. The molecule has 0 aliphatic carbocycles. The van der Waals surface area contributed by atoms with E-state index in [4.69, 9.17) is 17.3 Å². The van der Waals surface area contributed by atoms with Crippen molar-refractivity contribution < 1.29 is 0 Å². The molecular formula is C8H7ClN4S2. The Bertz CT molecular complexity index is 442. The summed E-state index contributed by atoms with van der Waals surface area (Å²) in [5, 5.41) is 6.11. The maximum Gasteiger partial charge on any atom is 0.131 e. The predicted molar refractivity (Wildman–Crippen MR) is 63.1 cm³/mol. The van der Waals surface area contributed by atoms with Crippen molar-refractivity contribution in [2.45, 2.75) is 10.8 Å². The van der Waals surface area contributed by atoms with Gasteiger partial charge in [0.25, 0.3) is 0 Å². The Balaban J connectivity index is 1.99. The summed E-state index contributed by atoms with van der Waals surface area (Å²) in [6, 6.07) is 3.67. The quantitative estimate of drug-likeness (QED) is 0.857. The summed E-state index contributed by atoms with van der Waals surface area (Å²) in [6.45, 7) is 0. The minimum absolute atomic E-state index is 0.634. The van der Waals surface area contributed by atoms with Gasteiger partial charge in [-0.3, -0.25) is 0 Å². The van der Waals surface area contributed by atoms with Crippen LogP contribution >= 0.6 is 34.9 Å². The topological polar surface area (TPSA) is 64.7 Å². The Kier molecular flexibility index (Phi) is 3.40. The van der Waals surface area contributed by atoms with Crippen LogP contribution in [0.4, 0.5) is 5.00 Å².